The molecular weight excluding hydrogens is 272 g/mol. The molecule has 0 spiro atoms. The summed E-state index contributed by atoms with van der Waals surface area (Å²) in [5.74, 6) is 0. The molecule has 1 amide bonds. The first-order valence-corrected chi connectivity index (χ1v) is 6.72. The Kier molecular flexibility index (Phi) is 5.71. The number of carbonyl (C=O) groups is 1. The lowest BCUT2D eigenvalue weighted by Gasteiger charge is -2.07. The molecule has 0 bridgehead atoms. The zero-order valence-electron chi connectivity index (χ0n) is 11.6. The topological polar surface area (TPSA) is 89.3 Å². The molecule has 1 heterocycles. The smallest absolute Gasteiger partial charge is 0.407 e. The Balaban J connectivity index is 1.59. The van der Waals surface area contributed by atoms with Crippen molar-refractivity contribution in [2.24, 2.45) is 0 Å². The predicted molar refractivity (Wildman–Crippen MR) is 75.2 cm³/mol. The van der Waals surface area contributed by atoms with Crippen molar-refractivity contribution in [3.05, 3.63) is 47.8 Å². The number of nitrogens with zero attached hydrogens (tertiary/aromatic N) is 3. The Morgan fingerprint density at radius 2 is 2.14 bits per heavy atom. The van der Waals surface area contributed by atoms with Crippen LogP contribution in [0, 0.1) is 0 Å². The maximum absolute atomic E-state index is 11.5. The van der Waals surface area contributed by atoms with Crippen molar-refractivity contribution in [3.8, 4) is 0 Å². The molecule has 0 radical (unpaired) electrons. The zero-order chi connectivity index (χ0) is 14.9. The first-order valence-electron chi connectivity index (χ1n) is 6.72. The van der Waals surface area contributed by atoms with Gasteiger partial charge in [-0.25, -0.2) is 4.79 Å². The Hall–Kier alpha value is -2.41. The van der Waals surface area contributed by atoms with Crippen LogP contribution in [0.25, 0.3) is 0 Å². The molecule has 0 saturated heterocycles. The third-order valence-corrected chi connectivity index (χ3v) is 2.79. The van der Waals surface area contributed by atoms with Gasteiger partial charge in [0.15, 0.2) is 0 Å². The monoisotopic (exact) mass is 290 g/mol. The fraction of sp³-hybridized carbons (Fsp3) is 0.357. The number of rotatable bonds is 7. The quantitative estimate of drug-likeness (QED) is 0.745. The first kappa shape index (κ1) is 15.0. The molecular formula is C14H18N4O3. The van der Waals surface area contributed by atoms with Gasteiger partial charge in [0.25, 0.3) is 0 Å². The molecule has 0 aliphatic heterocycles. The molecule has 0 unspecified atom stereocenters. The van der Waals surface area contributed by atoms with Gasteiger partial charge in [-0.2, -0.15) is 0 Å². The van der Waals surface area contributed by atoms with Crippen LogP contribution in [-0.2, 0) is 24.5 Å². The van der Waals surface area contributed by atoms with Gasteiger partial charge in [-0.15, -0.1) is 5.10 Å². The van der Waals surface area contributed by atoms with Crippen molar-refractivity contribution in [1.82, 2.24) is 20.3 Å². The van der Waals surface area contributed by atoms with E-state index >= 15 is 0 Å². The first-order chi connectivity index (χ1) is 10.3. The molecule has 0 atom stereocenters. The summed E-state index contributed by atoms with van der Waals surface area (Å²) in [5.41, 5.74) is 1.48. The average molecular weight is 290 g/mol. The average Bonchev–Trinajstić information content (AvgIpc) is 2.98. The van der Waals surface area contributed by atoms with E-state index in [1.54, 1.807) is 10.9 Å². The standard InChI is InChI=1S/C14H18N4O3/c19-10-13-9-18(17-16-13)8-4-7-15-14(20)21-11-12-5-2-1-3-6-12/h1-3,5-6,9,19H,4,7-8,10-11H2,(H,15,20). The van der Waals surface area contributed by atoms with Gasteiger partial charge in [0.05, 0.1) is 12.8 Å². The lowest BCUT2D eigenvalue weighted by molar-refractivity contribution is 0.139. The van der Waals surface area contributed by atoms with Crippen LogP contribution in [0.2, 0.25) is 0 Å². The Morgan fingerprint density at radius 1 is 1.33 bits per heavy atom. The summed E-state index contributed by atoms with van der Waals surface area (Å²) in [5, 5.41) is 19.1. The van der Waals surface area contributed by atoms with Gasteiger partial charge in [0.2, 0.25) is 0 Å². The number of aryl methyl sites for hydroxylation is 1. The van der Waals surface area contributed by atoms with Crippen molar-refractivity contribution >= 4 is 6.09 Å². The summed E-state index contributed by atoms with van der Waals surface area (Å²) in [6, 6.07) is 9.51. The molecule has 1 aromatic carbocycles. The van der Waals surface area contributed by atoms with Gasteiger partial charge < -0.3 is 15.2 Å². The molecule has 0 aliphatic rings. The minimum Gasteiger partial charge on any atom is -0.445 e. The number of amides is 1. The summed E-state index contributed by atoms with van der Waals surface area (Å²) in [6.07, 6.45) is 1.94. The lowest BCUT2D eigenvalue weighted by atomic mass is 10.2. The summed E-state index contributed by atoms with van der Waals surface area (Å²) in [7, 11) is 0. The van der Waals surface area contributed by atoms with E-state index in [9.17, 15) is 4.79 Å². The number of aliphatic hydroxyl groups excluding tert-OH is 1. The highest BCUT2D eigenvalue weighted by Gasteiger charge is 2.02. The van der Waals surface area contributed by atoms with Gasteiger partial charge in [-0.1, -0.05) is 35.5 Å². The Bertz CT molecular complexity index is 556. The van der Waals surface area contributed by atoms with Crippen molar-refractivity contribution in [2.45, 2.75) is 26.2 Å². The highest BCUT2D eigenvalue weighted by molar-refractivity contribution is 5.67. The summed E-state index contributed by atoms with van der Waals surface area (Å²) in [4.78, 5) is 11.5. The van der Waals surface area contributed by atoms with Crippen LogP contribution in [0.1, 0.15) is 17.7 Å². The normalized spacial score (nSPS) is 10.3. The Morgan fingerprint density at radius 3 is 2.86 bits per heavy atom. The van der Waals surface area contributed by atoms with Crippen molar-refractivity contribution in [3.63, 3.8) is 0 Å². The molecule has 0 fully saturated rings. The van der Waals surface area contributed by atoms with Crippen molar-refractivity contribution < 1.29 is 14.6 Å². The summed E-state index contributed by atoms with van der Waals surface area (Å²) >= 11 is 0. The molecule has 2 N–H and O–H groups in total. The van der Waals surface area contributed by atoms with Crippen LogP contribution in [-0.4, -0.2) is 32.7 Å². The third-order valence-electron chi connectivity index (χ3n) is 2.79. The molecule has 7 heteroatoms. The molecule has 0 saturated carbocycles. The van der Waals surface area contributed by atoms with Gasteiger partial charge >= 0.3 is 6.09 Å². The predicted octanol–water partition coefficient (Wildman–Crippen LogP) is 1.09. The van der Waals surface area contributed by atoms with E-state index in [-0.39, 0.29) is 13.2 Å². The number of alkyl carbamates (subject to hydrolysis) is 1. The van der Waals surface area contributed by atoms with Crippen LogP contribution in [0.3, 0.4) is 0 Å². The maximum Gasteiger partial charge on any atom is 0.407 e. The van der Waals surface area contributed by atoms with Crippen LogP contribution in [0.15, 0.2) is 36.5 Å². The van der Waals surface area contributed by atoms with E-state index in [0.717, 1.165) is 5.56 Å². The molecule has 2 rings (SSSR count). The number of ether oxygens (including phenoxy) is 1. The fourth-order valence-corrected chi connectivity index (χ4v) is 1.73. The van der Waals surface area contributed by atoms with Gasteiger partial charge in [0, 0.05) is 13.1 Å². The lowest BCUT2D eigenvalue weighted by Crippen LogP contribution is -2.26. The van der Waals surface area contributed by atoms with Gasteiger partial charge in [-0.05, 0) is 12.0 Å². The van der Waals surface area contributed by atoms with E-state index in [1.807, 2.05) is 30.3 Å². The number of aromatic nitrogens is 3. The van der Waals surface area contributed by atoms with E-state index in [2.05, 4.69) is 15.6 Å². The fourth-order valence-electron chi connectivity index (χ4n) is 1.73. The number of nitrogens with one attached hydrogen (secondary N) is 1. The van der Waals surface area contributed by atoms with Gasteiger partial charge in [-0.3, -0.25) is 4.68 Å². The number of aliphatic hydroxyl groups is 1. The SMILES string of the molecule is O=C(NCCCn1cc(CO)nn1)OCc1ccccc1. The number of hydrogen-bond donors (Lipinski definition) is 2. The van der Waals surface area contributed by atoms with Crippen LogP contribution < -0.4 is 5.32 Å². The van der Waals surface area contributed by atoms with Gasteiger partial charge in [0.1, 0.15) is 12.3 Å². The van der Waals surface area contributed by atoms with Crippen LogP contribution in [0.5, 0.6) is 0 Å². The molecule has 7 nitrogen and oxygen atoms in total. The maximum atomic E-state index is 11.5. The second-order valence-corrected chi connectivity index (χ2v) is 4.47. The highest BCUT2D eigenvalue weighted by atomic mass is 16.5. The van der Waals surface area contributed by atoms with Crippen LogP contribution >= 0.6 is 0 Å². The summed E-state index contributed by atoms with van der Waals surface area (Å²) < 4.78 is 6.71. The Labute approximate surface area is 122 Å². The number of benzene rings is 1. The highest BCUT2D eigenvalue weighted by Crippen LogP contribution is 2.00. The second-order valence-electron chi connectivity index (χ2n) is 4.47. The third kappa shape index (κ3) is 5.23. The molecule has 2 aromatic rings. The van der Waals surface area contributed by atoms with E-state index in [4.69, 9.17) is 9.84 Å². The van der Waals surface area contributed by atoms with E-state index in [1.165, 1.54) is 0 Å². The molecule has 21 heavy (non-hydrogen) atoms. The number of carbonyl (C=O) groups excluding carboxylic acids is 1. The van der Waals surface area contributed by atoms with E-state index in [0.29, 0.717) is 25.2 Å². The molecule has 112 valence electrons. The largest absolute Gasteiger partial charge is 0.445 e. The minimum atomic E-state index is -0.437. The van der Waals surface area contributed by atoms with Crippen molar-refractivity contribution in [1.29, 1.82) is 0 Å². The molecule has 0 aliphatic carbocycles. The van der Waals surface area contributed by atoms with E-state index < -0.39 is 6.09 Å². The van der Waals surface area contributed by atoms with Crippen molar-refractivity contribution in [2.75, 3.05) is 6.54 Å². The second kappa shape index (κ2) is 8.01. The zero-order valence-corrected chi connectivity index (χ0v) is 11.6. The summed E-state index contributed by atoms with van der Waals surface area (Å²) in [6.45, 7) is 1.24. The molecule has 1 aromatic heterocycles. The number of hydrogen-bond acceptors (Lipinski definition) is 5. The van der Waals surface area contributed by atoms with Crippen LogP contribution in [0.4, 0.5) is 4.79 Å². The minimum absolute atomic E-state index is 0.121.